The summed E-state index contributed by atoms with van der Waals surface area (Å²) in [5.41, 5.74) is 3.78. The van der Waals surface area contributed by atoms with Crippen molar-refractivity contribution >= 4 is 22.4 Å². The summed E-state index contributed by atoms with van der Waals surface area (Å²) < 4.78 is 5.12. The second-order valence-electron chi connectivity index (χ2n) is 6.21. The number of hydrogen-bond donors (Lipinski definition) is 1. The molecule has 2 aromatic heterocycles. The Morgan fingerprint density at radius 2 is 2.20 bits per heavy atom. The van der Waals surface area contributed by atoms with E-state index in [1.165, 1.54) is 22.3 Å². The van der Waals surface area contributed by atoms with E-state index in [0.717, 1.165) is 31.7 Å². The van der Waals surface area contributed by atoms with Crippen LogP contribution >= 0.6 is 11.3 Å². The average Bonchev–Trinajstić information content (AvgIpc) is 3.25. The van der Waals surface area contributed by atoms with E-state index in [1.807, 2.05) is 0 Å². The molecule has 1 aliphatic heterocycles. The Morgan fingerprint density at radius 1 is 1.32 bits per heavy atom. The summed E-state index contributed by atoms with van der Waals surface area (Å²) in [6, 6.07) is 11.8. The van der Waals surface area contributed by atoms with Crippen LogP contribution in [0.4, 0.5) is 5.13 Å². The molecule has 0 saturated heterocycles. The monoisotopic (exact) mass is 353 g/mol. The minimum absolute atomic E-state index is 0.257. The Morgan fingerprint density at radius 3 is 3.00 bits per heavy atom. The molecule has 3 heterocycles. The number of fused-ring (bicyclic) bond motifs is 1. The van der Waals surface area contributed by atoms with Gasteiger partial charge in [-0.15, -0.1) is 11.3 Å². The number of hydrogen-bond acceptors (Lipinski definition) is 5. The number of carbonyl (C=O) groups excluding carboxylic acids is 1. The summed E-state index contributed by atoms with van der Waals surface area (Å²) >= 11 is 1.55. The maximum atomic E-state index is 12.1. The van der Waals surface area contributed by atoms with Crippen molar-refractivity contribution in [3.8, 4) is 0 Å². The Hall–Kier alpha value is -2.44. The normalized spacial score (nSPS) is 14.3. The molecule has 1 aliphatic rings. The quantitative estimate of drug-likeness (QED) is 0.774. The molecular formula is C19H19N3O2S. The van der Waals surface area contributed by atoms with Gasteiger partial charge in [0.2, 0.25) is 0 Å². The summed E-state index contributed by atoms with van der Waals surface area (Å²) in [6.45, 7) is 4.95. The highest BCUT2D eigenvalue weighted by Crippen LogP contribution is 2.29. The van der Waals surface area contributed by atoms with Crippen molar-refractivity contribution in [1.82, 2.24) is 9.88 Å². The summed E-state index contributed by atoms with van der Waals surface area (Å²) in [5, 5.41) is 3.47. The van der Waals surface area contributed by atoms with Crippen LogP contribution in [0.3, 0.4) is 0 Å². The second kappa shape index (κ2) is 6.82. The fourth-order valence-corrected chi connectivity index (χ4v) is 4.08. The minimum Gasteiger partial charge on any atom is -0.459 e. The number of rotatable bonds is 4. The predicted molar refractivity (Wildman–Crippen MR) is 97.8 cm³/mol. The third kappa shape index (κ3) is 3.50. The number of aromatic nitrogens is 1. The van der Waals surface area contributed by atoms with Crippen molar-refractivity contribution in [2.24, 2.45) is 0 Å². The molecule has 1 N–H and O–H groups in total. The number of amides is 1. The van der Waals surface area contributed by atoms with Crippen LogP contribution in [0.2, 0.25) is 0 Å². The van der Waals surface area contributed by atoms with E-state index in [0.29, 0.717) is 10.9 Å². The largest absolute Gasteiger partial charge is 0.459 e. The van der Waals surface area contributed by atoms with E-state index in [4.69, 9.17) is 4.42 Å². The topological polar surface area (TPSA) is 58.4 Å². The molecule has 5 nitrogen and oxygen atoms in total. The van der Waals surface area contributed by atoms with Gasteiger partial charge >= 0.3 is 0 Å². The third-order valence-corrected chi connectivity index (χ3v) is 5.43. The number of thiazole rings is 1. The molecule has 1 aromatic carbocycles. The summed E-state index contributed by atoms with van der Waals surface area (Å²) in [7, 11) is 0. The first-order valence-corrected chi connectivity index (χ1v) is 9.11. The molecule has 0 unspecified atom stereocenters. The van der Waals surface area contributed by atoms with Crippen LogP contribution in [0.5, 0.6) is 0 Å². The Balaban J connectivity index is 1.44. The number of aryl methyl sites for hydroxylation is 1. The van der Waals surface area contributed by atoms with E-state index in [9.17, 15) is 4.79 Å². The van der Waals surface area contributed by atoms with Gasteiger partial charge in [0, 0.05) is 30.9 Å². The molecule has 128 valence electrons. The SMILES string of the molecule is Cc1ccccc1CN1CCc2nc(NC(=O)c3ccco3)sc2C1. The number of nitrogens with one attached hydrogen (secondary N) is 1. The van der Waals surface area contributed by atoms with Gasteiger partial charge in [0.05, 0.1) is 12.0 Å². The zero-order valence-electron chi connectivity index (χ0n) is 14.0. The minimum atomic E-state index is -0.257. The van der Waals surface area contributed by atoms with E-state index >= 15 is 0 Å². The number of carbonyl (C=O) groups is 1. The van der Waals surface area contributed by atoms with Crippen molar-refractivity contribution in [2.45, 2.75) is 26.4 Å². The number of anilines is 1. The summed E-state index contributed by atoms with van der Waals surface area (Å²) in [6.07, 6.45) is 2.40. The van der Waals surface area contributed by atoms with Gasteiger partial charge in [0.15, 0.2) is 10.9 Å². The van der Waals surface area contributed by atoms with Crippen LogP contribution in [0.15, 0.2) is 47.1 Å². The Bertz CT molecular complexity index is 886. The highest BCUT2D eigenvalue weighted by molar-refractivity contribution is 7.15. The van der Waals surface area contributed by atoms with Crippen molar-refractivity contribution in [3.05, 3.63) is 70.1 Å². The molecule has 1 amide bonds. The predicted octanol–water partition coefficient (Wildman–Crippen LogP) is 3.86. The highest BCUT2D eigenvalue weighted by Gasteiger charge is 2.22. The van der Waals surface area contributed by atoms with Gasteiger partial charge in [-0.1, -0.05) is 24.3 Å². The first kappa shape index (κ1) is 16.1. The van der Waals surface area contributed by atoms with Crippen LogP contribution in [0, 0.1) is 6.92 Å². The van der Waals surface area contributed by atoms with Crippen molar-refractivity contribution < 1.29 is 9.21 Å². The van der Waals surface area contributed by atoms with Crippen molar-refractivity contribution in [3.63, 3.8) is 0 Å². The smallest absolute Gasteiger partial charge is 0.293 e. The molecule has 0 aliphatic carbocycles. The lowest BCUT2D eigenvalue weighted by molar-refractivity contribution is 0.0996. The van der Waals surface area contributed by atoms with Crippen molar-refractivity contribution in [1.29, 1.82) is 0 Å². The molecule has 3 aromatic rings. The van der Waals surface area contributed by atoms with Crippen molar-refractivity contribution in [2.75, 3.05) is 11.9 Å². The molecule has 25 heavy (non-hydrogen) atoms. The summed E-state index contributed by atoms with van der Waals surface area (Å²) in [5.74, 6) is 0.0437. The first-order chi connectivity index (χ1) is 12.2. The van der Waals surface area contributed by atoms with Gasteiger partial charge in [0.25, 0.3) is 5.91 Å². The first-order valence-electron chi connectivity index (χ1n) is 8.29. The third-order valence-electron chi connectivity index (χ3n) is 4.43. The van der Waals surface area contributed by atoms with Crippen LogP contribution in [0.25, 0.3) is 0 Å². The van der Waals surface area contributed by atoms with Crippen LogP contribution in [-0.4, -0.2) is 22.3 Å². The van der Waals surface area contributed by atoms with E-state index < -0.39 is 0 Å². The maximum absolute atomic E-state index is 12.1. The molecule has 0 atom stereocenters. The number of benzene rings is 1. The molecule has 0 saturated carbocycles. The van der Waals surface area contributed by atoms with Crippen LogP contribution in [0.1, 0.15) is 32.3 Å². The Kier molecular flexibility index (Phi) is 4.38. The fraction of sp³-hybridized carbons (Fsp3) is 0.263. The average molecular weight is 353 g/mol. The van der Waals surface area contributed by atoms with Gasteiger partial charge in [0.1, 0.15) is 0 Å². The van der Waals surface area contributed by atoms with Gasteiger partial charge in [-0.2, -0.15) is 0 Å². The Labute approximate surface area is 150 Å². The zero-order valence-corrected chi connectivity index (χ0v) is 14.8. The molecule has 0 bridgehead atoms. The van der Waals surface area contributed by atoms with E-state index in [-0.39, 0.29) is 5.91 Å². The number of furan rings is 1. The van der Waals surface area contributed by atoms with Gasteiger partial charge in [-0.25, -0.2) is 4.98 Å². The zero-order chi connectivity index (χ0) is 17.2. The second-order valence-corrected chi connectivity index (χ2v) is 7.29. The van der Waals surface area contributed by atoms with Gasteiger partial charge < -0.3 is 4.42 Å². The standard InChI is InChI=1S/C19H19N3O2S/c1-13-5-2-3-6-14(13)11-22-9-8-15-17(12-22)25-19(20-15)21-18(23)16-7-4-10-24-16/h2-7,10H,8-9,11-12H2,1H3,(H,20,21,23). The van der Waals surface area contributed by atoms with Crippen LogP contribution < -0.4 is 5.32 Å². The lowest BCUT2D eigenvalue weighted by atomic mass is 10.1. The van der Waals surface area contributed by atoms with Crippen LogP contribution in [-0.2, 0) is 19.5 Å². The fourth-order valence-electron chi connectivity index (χ4n) is 3.03. The van der Waals surface area contributed by atoms with E-state index in [2.05, 4.69) is 46.4 Å². The number of nitrogens with zero attached hydrogens (tertiary/aromatic N) is 2. The molecule has 0 spiro atoms. The molecule has 6 heteroatoms. The molecule has 0 radical (unpaired) electrons. The highest BCUT2D eigenvalue weighted by atomic mass is 32.1. The lowest BCUT2D eigenvalue weighted by Crippen LogP contribution is -2.29. The summed E-state index contributed by atoms with van der Waals surface area (Å²) in [4.78, 5) is 20.3. The molecular weight excluding hydrogens is 334 g/mol. The molecule has 4 rings (SSSR count). The van der Waals surface area contributed by atoms with Gasteiger partial charge in [-0.05, 0) is 30.2 Å². The van der Waals surface area contributed by atoms with E-state index in [1.54, 1.807) is 23.5 Å². The maximum Gasteiger partial charge on any atom is 0.293 e. The lowest BCUT2D eigenvalue weighted by Gasteiger charge is -2.26. The van der Waals surface area contributed by atoms with Gasteiger partial charge in [-0.3, -0.25) is 15.0 Å². The molecule has 0 fully saturated rings.